The average molecular weight is 871 g/mol. The quantitative estimate of drug-likeness (QED) is 0.169. The number of rotatable bonds is 7. The molecule has 5 saturated heterocycles. The monoisotopic (exact) mass is 870 g/mol. The van der Waals surface area contributed by atoms with Gasteiger partial charge in [0.05, 0.1) is 37.6 Å². The second-order valence-corrected chi connectivity index (χ2v) is 21.5. The molecular weight excluding hydrogens is 796 g/mol. The molecule has 16 heteroatoms. The molecule has 9 rings (SSSR count). The van der Waals surface area contributed by atoms with E-state index in [1.807, 2.05) is 0 Å². The second kappa shape index (κ2) is 16.9. The zero-order valence-electron chi connectivity index (χ0n) is 36.7. The fourth-order valence-electron chi connectivity index (χ4n) is 14.6. The molecule has 0 unspecified atom stereocenters. The van der Waals surface area contributed by atoms with Gasteiger partial charge in [-0.1, -0.05) is 27.7 Å². The summed E-state index contributed by atoms with van der Waals surface area (Å²) >= 11 is 0. The van der Waals surface area contributed by atoms with Gasteiger partial charge in [0.2, 0.25) is 0 Å². The van der Waals surface area contributed by atoms with Gasteiger partial charge in [0.15, 0.2) is 24.7 Å². The van der Waals surface area contributed by atoms with Gasteiger partial charge in [-0.2, -0.15) is 0 Å². The van der Waals surface area contributed by atoms with Gasteiger partial charge in [0.25, 0.3) is 0 Å². The third kappa shape index (κ3) is 7.50. The highest BCUT2D eigenvalue weighted by atomic mass is 16.8. The highest BCUT2D eigenvalue weighted by molar-refractivity contribution is 5.15. The molecule has 27 atom stereocenters. The molecule has 4 aliphatic carbocycles. The number of hydrogen-bond donors (Lipinski definition) is 8. The van der Waals surface area contributed by atoms with E-state index in [1.54, 1.807) is 6.92 Å². The topological polar surface area (TPSA) is 236 Å². The summed E-state index contributed by atoms with van der Waals surface area (Å²) in [6, 6.07) is 0. The Labute approximate surface area is 359 Å². The Hall–Kier alpha value is -0.640. The first-order chi connectivity index (χ1) is 28.9. The zero-order chi connectivity index (χ0) is 43.5. The van der Waals surface area contributed by atoms with Gasteiger partial charge in [-0.3, -0.25) is 0 Å². The Morgan fingerprint density at radius 3 is 1.97 bits per heavy atom. The van der Waals surface area contributed by atoms with E-state index < -0.39 is 105 Å². The lowest BCUT2D eigenvalue weighted by Crippen LogP contribution is -2.66. The first-order valence-electron chi connectivity index (χ1n) is 23.5. The van der Waals surface area contributed by atoms with Crippen molar-refractivity contribution in [2.45, 2.75) is 216 Å². The number of ether oxygens (including phenoxy) is 8. The van der Waals surface area contributed by atoms with Crippen LogP contribution in [0.3, 0.4) is 0 Å². The molecule has 1 spiro atoms. The molecule has 0 aromatic carbocycles. The Kier molecular flexibility index (Phi) is 12.6. The summed E-state index contributed by atoms with van der Waals surface area (Å²) in [4.78, 5) is 0. The van der Waals surface area contributed by atoms with Crippen molar-refractivity contribution in [3.05, 3.63) is 0 Å². The highest BCUT2D eigenvalue weighted by Crippen LogP contribution is 2.71. The largest absolute Gasteiger partial charge is 0.394 e. The number of aliphatic hydroxyl groups is 8. The lowest BCUT2D eigenvalue weighted by molar-refractivity contribution is -0.384. The van der Waals surface area contributed by atoms with Crippen molar-refractivity contribution in [1.29, 1.82) is 0 Å². The van der Waals surface area contributed by atoms with Crippen molar-refractivity contribution in [2.75, 3.05) is 13.2 Å². The summed E-state index contributed by atoms with van der Waals surface area (Å²) < 4.78 is 49.7. The van der Waals surface area contributed by atoms with Crippen LogP contribution in [0.1, 0.15) is 106 Å². The van der Waals surface area contributed by atoms with Crippen LogP contribution in [0.2, 0.25) is 0 Å². The Morgan fingerprint density at radius 1 is 0.590 bits per heavy atom. The summed E-state index contributed by atoms with van der Waals surface area (Å²) in [5.74, 6) is 3.37. The lowest BCUT2D eigenvalue weighted by Gasteiger charge is -2.61. The van der Waals surface area contributed by atoms with Gasteiger partial charge in [-0.15, -0.1) is 0 Å². The molecule has 9 aliphatic rings. The van der Waals surface area contributed by atoms with Gasteiger partial charge in [0.1, 0.15) is 61.0 Å². The van der Waals surface area contributed by atoms with Crippen LogP contribution in [-0.4, -0.2) is 164 Å². The van der Waals surface area contributed by atoms with Crippen molar-refractivity contribution in [2.24, 2.45) is 52.3 Å². The molecule has 9 fully saturated rings. The van der Waals surface area contributed by atoms with Crippen LogP contribution >= 0.6 is 0 Å². The van der Waals surface area contributed by atoms with E-state index in [9.17, 15) is 40.9 Å². The minimum Gasteiger partial charge on any atom is -0.394 e. The lowest BCUT2D eigenvalue weighted by atomic mass is 9.44. The molecule has 5 heterocycles. The fraction of sp³-hybridized carbons (Fsp3) is 1.00. The van der Waals surface area contributed by atoms with E-state index in [2.05, 4.69) is 27.7 Å². The second-order valence-electron chi connectivity index (χ2n) is 21.5. The van der Waals surface area contributed by atoms with Gasteiger partial charge in [-0.05, 0) is 118 Å². The molecule has 5 aliphatic heterocycles. The molecule has 0 amide bonds. The molecule has 0 radical (unpaired) electrons. The van der Waals surface area contributed by atoms with E-state index in [-0.39, 0.29) is 23.0 Å². The van der Waals surface area contributed by atoms with E-state index in [0.29, 0.717) is 41.4 Å². The van der Waals surface area contributed by atoms with Crippen LogP contribution in [0.4, 0.5) is 0 Å². The van der Waals surface area contributed by atoms with Crippen molar-refractivity contribution < 1.29 is 78.7 Å². The molecule has 4 saturated carbocycles. The third-order valence-electron chi connectivity index (χ3n) is 18.2. The fourth-order valence-corrected chi connectivity index (χ4v) is 14.6. The van der Waals surface area contributed by atoms with Crippen LogP contribution in [-0.2, 0) is 37.9 Å². The standard InChI is InChI=1S/C45H74O16/c1-19-9-14-45(54-18-19)20(2)30-28(61-45)16-27-25-8-7-23-15-24(10-12-43(23,5)26(25)11-13-44(27,30)6)57-42-39(34(50)32(48)29(17-46)58-42)60-41-37(53)35(51)38(22(4)56-41)59-40-36(52)33(49)31(47)21(3)55-40/h19-42,46-53H,7-18H2,1-6H3/t19-,20-,21-,22-,23+,24-,25+,26-,27-,28-,29+,30-,31-,32+,33+,34-,35-,36+,37+,38-,39+,40-,41-,42+,43-,44-,45+/m0/s1. The molecule has 8 N–H and O–H groups in total. The Balaban J connectivity index is 0.846. The van der Waals surface area contributed by atoms with Crippen molar-refractivity contribution in [3.63, 3.8) is 0 Å². The maximum absolute atomic E-state index is 11.4. The molecule has 0 aromatic heterocycles. The molecule has 350 valence electrons. The summed E-state index contributed by atoms with van der Waals surface area (Å²) in [6.45, 7) is 13.0. The summed E-state index contributed by atoms with van der Waals surface area (Å²) in [5, 5.41) is 85.7. The first-order valence-corrected chi connectivity index (χ1v) is 23.5. The predicted molar refractivity (Wildman–Crippen MR) is 213 cm³/mol. The Bertz CT molecular complexity index is 1530. The third-order valence-corrected chi connectivity index (χ3v) is 18.2. The van der Waals surface area contributed by atoms with Crippen LogP contribution in [0.5, 0.6) is 0 Å². The predicted octanol–water partition coefficient (Wildman–Crippen LogP) is 1.32. The smallest absolute Gasteiger partial charge is 0.187 e. The van der Waals surface area contributed by atoms with Crippen molar-refractivity contribution in [3.8, 4) is 0 Å². The summed E-state index contributed by atoms with van der Waals surface area (Å²) in [5.41, 5.74) is 0.382. The van der Waals surface area contributed by atoms with E-state index in [0.717, 1.165) is 51.6 Å². The highest BCUT2D eigenvalue weighted by Gasteiger charge is 2.69. The number of fused-ring (bicyclic) bond motifs is 7. The SMILES string of the molecule is C[C@H]1CC[C@@]2(OC1)O[C@H]1C[C@H]3[C@@H]4CC[C@@H]5C[C@@H](O[C@@H]6O[C@H](CO)[C@@H](O)[C@H](O)[C@H]6O[C@@H]6O[C@@H](C)[C@H](O[C@@H]7O[C@@H](C)[C@H](O)[C@@H](O)[C@H]7O)[C@@H](O)[C@H]6O)CC[C@]5(C)[C@H]4CC[C@]3(C)[C@H]1[C@@H]2C. The minimum absolute atomic E-state index is 0.143. The number of aliphatic hydroxyl groups excluding tert-OH is 8. The maximum atomic E-state index is 11.4. The molecular formula is C45H74O16. The van der Waals surface area contributed by atoms with Gasteiger partial charge < -0.3 is 78.7 Å². The van der Waals surface area contributed by atoms with Gasteiger partial charge in [-0.25, -0.2) is 0 Å². The maximum Gasteiger partial charge on any atom is 0.187 e. The van der Waals surface area contributed by atoms with Crippen LogP contribution in [0, 0.1) is 52.3 Å². The molecule has 0 bridgehead atoms. The minimum atomic E-state index is -1.74. The number of hydrogen-bond acceptors (Lipinski definition) is 16. The van der Waals surface area contributed by atoms with Gasteiger partial charge in [0, 0.05) is 12.3 Å². The average Bonchev–Trinajstić information content (AvgIpc) is 3.68. The zero-order valence-corrected chi connectivity index (χ0v) is 36.7. The van der Waals surface area contributed by atoms with Crippen LogP contribution < -0.4 is 0 Å². The van der Waals surface area contributed by atoms with Gasteiger partial charge >= 0.3 is 0 Å². The normalized spacial score (nSPS) is 59.7. The summed E-state index contributed by atoms with van der Waals surface area (Å²) in [7, 11) is 0. The Morgan fingerprint density at radius 2 is 1.26 bits per heavy atom. The molecule has 61 heavy (non-hydrogen) atoms. The van der Waals surface area contributed by atoms with E-state index >= 15 is 0 Å². The molecule has 16 nitrogen and oxygen atoms in total. The van der Waals surface area contributed by atoms with Crippen molar-refractivity contribution >= 4 is 0 Å². The van der Waals surface area contributed by atoms with E-state index in [4.69, 9.17) is 37.9 Å². The van der Waals surface area contributed by atoms with Crippen LogP contribution in [0.25, 0.3) is 0 Å². The molecule has 0 aromatic rings. The van der Waals surface area contributed by atoms with E-state index in [1.165, 1.54) is 26.2 Å². The van der Waals surface area contributed by atoms with Crippen LogP contribution in [0.15, 0.2) is 0 Å². The van der Waals surface area contributed by atoms with Crippen molar-refractivity contribution in [1.82, 2.24) is 0 Å². The first kappa shape index (κ1) is 45.5. The summed E-state index contributed by atoms with van der Waals surface area (Å²) in [6.07, 6.45) is -10.5.